The first-order chi connectivity index (χ1) is 9.54. The summed E-state index contributed by atoms with van der Waals surface area (Å²) in [5.74, 6) is 0.235. The van der Waals surface area contributed by atoms with Crippen LogP contribution in [0.2, 0.25) is 0 Å². The summed E-state index contributed by atoms with van der Waals surface area (Å²) in [5.41, 5.74) is 1.15. The van der Waals surface area contributed by atoms with Crippen LogP contribution in [0.3, 0.4) is 0 Å². The second kappa shape index (κ2) is 7.37. The van der Waals surface area contributed by atoms with Gasteiger partial charge in [0.25, 0.3) is 0 Å². The van der Waals surface area contributed by atoms with Gasteiger partial charge in [-0.25, -0.2) is 9.69 Å². The average Bonchev–Trinajstić information content (AvgIpc) is 2.39. The first-order valence-corrected chi connectivity index (χ1v) is 6.44. The summed E-state index contributed by atoms with van der Waals surface area (Å²) >= 11 is 0. The van der Waals surface area contributed by atoms with E-state index in [2.05, 4.69) is 5.32 Å². The van der Waals surface area contributed by atoms with Gasteiger partial charge in [0.15, 0.2) is 0 Å². The van der Waals surface area contributed by atoms with Crippen molar-refractivity contribution in [3.8, 4) is 5.75 Å². The molecule has 0 spiro atoms. The highest BCUT2D eigenvalue weighted by molar-refractivity contribution is 6.11. The molecule has 0 atom stereocenters. The number of benzene rings is 1. The van der Waals surface area contributed by atoms with Gasteiger partial charge in [0.2, 0.25) is 5.91 Å². The van der Waals surface area contributed by atoms with Crippen LogP contribution in [0.4, 0.5) is 16.2 Å². The largest absolute Gasteiger partial charge is 0.495 e. The SMILES string of the molecule is CCNc1cc(N(C(C)=O)C(=O)OCC)ccc1OC. The summed E-state index contributed by atoms with van der Waals surface area (Å²) in [5, 5.41) is 3.12. The van der Waals surface area contributed by atoms with E-state index in [-0.39, 0.29) is 6.61 Å². The summed E-state index contributed by atoms with van der Waals surface area (Å²) < 4.78 is 10.1. The van der Waals surface area contributed by atoms with Crippen LogP contribution in [-0.2, 0) is 9.53 Å². The van der Waals surface area contributed by atoms with Crippen LogP contribution < -0.4 is 15.0 Å². The van der Waals surface area contributed by atoms with Crippen LogP contribution in [-0.4, -0.2) is 32.3 Å². The van der Waals surface area contributed by atoms with Crippen molar-refractivity contribution in [3.05, 3.63) is 18.2 Å². The number of nitrogens with zero attached hydrogens (tertiary/aromatic N) is 1. The van der Waals surface area contributed by atoms with E-state index in [1.54, 1.807) is 32.2 Å². The molecule has 110 valence electrons. The summed E-state index contributed by atoms with van der Waals surface area (Å²) in [4.78, 5) is 24.5. The van der Waals surface area contributed by atoms with Crippen molar-refractivity contribution in [2.24, 2.45) is 0 Å². The van der Waals surface area contributed by atoms with Gasteiger partial charge in [-0.2, -0.15) is 0 Å². The lowest BCUT2D eigenvalue weighted by Crippen LogP contribution is -2.35. The first kappa shape index (κ1) is 15.8. The minimum absolute atomic E-state index is 0.207. The Morgan fingerprint density at radius 1 is 1.30 bits per heavy atom. The number of anilines is 2. The topological polar surface area (TPSA) is 67.9 Å². The Bertz CT molecular complexity index is 488. The van der Waals surface area contributed by atoms with Gasteiger partial charge in [-0.15, -0.1) is 0 Å². The number of methoxy groups -OCH3 is 1. The first-order valence-electron chi connectivity index (χ1n) is 6.44. The Morgan fingerprint density at radius 2 is 2.00 bits per heavy atom. The van der Waals surface area contributed by atoms with Crippen LogP contribution in [0.1, 0.15) is 20.8 Å². The zero-order valence-electron chi connectivity index (χ0n) is 12.2. The summed E-state index contributed by atoms with van der Waals surface area (Å²) in [6, 6.07) is 5.02. The van der Waals surface area contributed by atoms with E-state index in [1.165, 1.54) is 6.92 Å². The van der Waals surface area contributed by atoms with Crippen molar-refractivity contribution in [1.29, 1.82) is 0 Å². The van der Waals surface area contributed by atoms with Gasteiger partial charge in [-0.1, -0.05) is 0 Å². The zero-order chi connectivity index (χ0) is 15.1. The Balaban J connectivity index is 3.17. The second-order valence-electron chi connectivity index (χ2n) is 3.97. The molecular weight excluding hydrogens is 260 g/mol. The quantitative estimate of drug-likeness (QED) is 0.898. The molecule has 0 heterocycles. The van der Waals surface area contributed by atoms with Crippen molar-refractivity contribution >= 4 is 23.4 Å². The fourth-order valence-corrected chi connectivity index (χ4v) is 1.77. The molecule has 0 aliphatic carbocycles. The highest BCUT2D eigenvalue weighted by Crippen LogP contribution is 2.30. The maximum atomic E-state index is 11.8. The molecule has 1 rings (SSSR count). The monoisotopic (exact) mass is 280 g/mol. The van der Waals surface area contributed by atoms with Crippen LogP contribution in [0.5, 0.6) is 5.75 Å². The molecule has 0 radical (unpaired) electrons. The van der Waals surface area contributed by atoms with E-state index < -0.39 is 12.0 Å². The molecule has 6 heteroatoms. The molecule has 6 nitrogen and oxygen atoms in total. The van der Waals surface area contributed by atoms with Crippen molar-refractivity contribution in [2.45, 2.75) is 20.8 Å². The smallest absolute Gasteiger partial charge is 0.421 e. The molecule has 0 aromatic heterocycles. The average molecular weight is 280 g/mol. The normalized spacial score (nSPS) is 9.80. The van der Waals surface area contributed by atoms with Gasteiger partial charge >= 0.3 is 6.09 Å². The third-order valence-electron chi connectivity index (χ3n) is 2.57. The Morgan fingerprint density at radius 3 is 2.50 bits per heavy atom. The number of carbonyl (C=O) groups excluding carboxylic acids is 2. The Hall–Kier alpha value is -2.24. The van der Waals surface area contributed by atoms with E-state index in [1.807, 2.05) is 6.92 Å². The van der Waals surface area contributed by atoms with E-state index >= 15 is 0 Å². The van der Waals surface area contributed by atoms with Crippen molar-refractivity contribution in [1.82, 2.24) is 0 Å². The minimum atomic E-state index is -0.687. The summed E-state index contributed by atoms with van der Waals surface area (Å²) in [6.07, 6.45) is -0.687. The number of nitrogens with one attached hydrogen (secondary N) is 1. The van der Waals surface area contributed by atoms with Crippen LogP contribution in [0.15, 0.2) is 18.2 Å². The lowest BCUT2D eigenvalue weighted by atomic mass is 10.2. The van der Waals surface area contributed by atoms with Gasteiger partial charge in [-0.05, 0) is 32.0 Å². The van der Waals surface area contributed by atoms with Crippen molar-refractivity contribution in [3.63, 3.8) is 0 Å². The lowest BCUT2D eigenvalue weighted by molar-refractivity contribution is -0.116. The molecule has 0 bridgehead atoms. The maximum Gasteiger partial charge on any atom is 0.421 e. The predicted molar refractivity (Wildman–Crippen MR) is 77.3 cm³/mol. The third-order valence-corrected chi connectivity index (χ3v) is 2.57. The summed E-state index contributed by atoms with van der Waals surface area (Å²) in [6.45, 7) is 5.85. The Kier molecular flexibility index (Phi) is 5.83. The van der Waals surface area contributed by atoms with E-state index in [0.717, 1.165) is 4.90 Å². The molecule has 0 aliphatic heterocycles. The number of carbonyl (C=O) groups is 2. The molecule has 0 aliphatic rings. The number of amides is 2. The molecule has 0 unspecified atom stereocenters. The molecule has 0 saturated heterocycles. The zero-order valence-corrected chi connectivity index (χ0v) is 12.2. The molecule has 20 heavy (non-hydrogen) atoms. The minimum Gasteiger partial charge on any atom is -0.495 e. The summed E-state index contributed by atoms with van der Waals surface area (Å²) in [7, 11) is 1.56. The fraction of sp³-hybridized carbons (Fsp3) is 0.429. The van der Waals surface area contributed by atoms with E-state index in [0.29, 0.717) is 23.7 Å². The standard InChI is InChI=1S/C14H20N2O4/c1-5-15-12-9-11(7-8-13(12)19-4)16(10(3)17)14(18)20-6-2/h7-9,15H,5-6H2,1-4H3. The van der Waals surface area contributed by atoms with Crippen LogP contribution >= 0.6 is 0 Å². The third kappa shape index (κ3) is 3.63. The molecule has 2 amide bonds. The van der Waals surface area contributed by atoms with Gasteiger partial charge in [0.05, 0.1) is 25.1 Å². The number of hydrogen-bond donors (Lipinski definition) is 1. The number of hydrogen-bond acceptors (Lipinski definition) is 5. The van der Waals surface area contributed by atoms with Crippen LogP contribution in [0.25, 0.3) is 0 Å². The predicted octanol–water partition coefficient (Wildman–Crippen LogP) is 2.64. The van der Waals surface area contributed by atoms with Crippen molar-refractivity contribution < 1.29 is 19.1 Å². The van der Waals surface area contributed by atoms with E-state index in [9.17, 15) is 9.59 Å². The van der Waals surface area contributed by atoms with Gasteiger partial charge < -0.3 is 14.8 Å². The number of imide groups is 1. The molecular formula is C14H20N2O4. The number of rotatable bonds is 5. The molecule has 1 aromatic carbocycles. The van der Waals surface area contributed by atoms with E-state index in [4.69, 9.17) is 9.47 Å². The van der Waals surface area contributed by atoms with Gasteiger partial charge in [0.1, 0.15) is 5.75 Å². The van der Waals surface area contributed by atoms with Crippen LogP contribution in [0, 0.1) is 0 Å². The Labute approximate surface area is 118 Å². The molecule has 1 N–H and O–H groups in total. The molecule has 0 saturated carbocycles. The molecule has 0 fully saturated rings. The van der Waals surface area contributed by atoms with Crippen molar-refractivity contribution in [2.75, 3.05) is 30.5 Å². The highest BCUT2D eigenvalue weighted by Gasteiger charge is 2.22. The molecule has 1 aromatic rings. The second-order valence-corrected chi connectivity index (χ2v) is 3.97. The lowest BCUT2D eigenvalue weighted by Gasteiger charge is -2.20. The highest BCUT2D eigenvalue weighted by atomic mass is 16.6. The fourth-order valence-electron chi connectivity index (χ4n) is 1.77. The van der Waals surface area contributed by atoms with Gasteiger partial charge in [-0.3, -0.25) is 4.79 Å². The number of ether oxygens (including phenoxy) is 2. The maximum absolute atomic E-state index is 11.8. The van der Waals surface area contributed by atoms with Gasteiger partial charge in [0, 0.05) is 13.5 Å².